The maximum atomic E-state index is 5.58. The van der Waals surface area contributed by atoms with Crippen LogP contribution in [0.15, 0.2) is 10.5 Å². The van der Waals surface area contributed by atoms with Gasteiger partial charge in [-0.25, -0.2) is 0 Å². The summed E-state index contributed by atoms with van der Waals surface area (Å²) in [6.45, 7) is 5.00. The highest BCUT2D eigenvalue weighted by Gasteiger charge is 2.19. The van der Waals surface area contributed by atoms with Gasteiger partial charge in [-0.3, -0.25) is 0 Å². The van der Waals surface area contributed by atoms with Crippen LogP contribution in [-0.4, -0.2) is 20.8 Å². The lowest BCUT2D eigenvalue weighted by atomic mass is 9.97. The number of aryl methyl sites for hydroxylation is 1. The Morgan fingerprint density at radius 2 is 1.83 bits per heavy atom. The first kappa shape index (κ1) is 15.3. The van der Waals surface area contributed by atoms with Crippen molar-refractivity contribution in [2.24, 2.45) is 5.73 Å². The van der Waals surface area contributed by atoms with Crippen LogP contribution in [0.4, 0.5) is 0 Å². The molecular formula is C14H22BrNO2. The molecule has 3 nitrogen and oxygen atoms in total. The standard InChI is InChI=1S/C14H22BrNO2/c1-9(2)11-8-10(6-5-7-16)13(17-3)12(15)14(11)18-4/h8-9H,5-7,16H2,1-4H3. The Morgan fingerprint density at radius 3 is 2.28 bits per heavy atom. The van der Waals surface area contributed by atoms with Crippen molar-refractivity contribution < 1.29 is 9.47 Å². The molecule has 18 heavy (non-hydrogen) atoms. The van der Waals surface area contributed by atoms with E-state index in [1.54, 1.807) is 14.2 Å². The number of methoxy groups -OCH3 is 2. The summed E-state index contributed by atoms with van der Waals surface area (Å²) in [5.74, 6) is 2.11. The number of hydrogen-bond acceptors (Lipinski definition) is 3. The molecule has 1 rings (SSSR count). The van der Waals surface area contributed by atoms with Crippen LogP contribution in [0.5, 0.6) is 11.5 Å². The molecule has 0 fully saturated rings. The first-order valence-electron chi connectivity index (χ1n) is 6.20. The van der Waals surface area contributed by atoms with Gasteiger partial charge in [-0.15, -0.1) is 0 Å². The van der Waals surface area contributed by atoms with Crippen LogP contribution in [0.2, 0.25) is 0 Å². The van der Waals surface area contributed by atoms with Crippen LogP contribution < -0.4 is 15.2 Å². The van der Waals surface area contributed by atoms with Crippen molar-refractivity contribution in [3.63, 3.8) is 0 Å². The maximum absolute atomic E-state index is 5.58. The summed E-state index contributed by atoms with van der Waals surface area (Å²) >= 11 is 3.58. The van der Waals surface area contributed by atoms with E-state index in [0.29, 0.717) is 12.5 Å². The first-order valence-corrected chi connectivity index (χ1v) is 6.99. The van der Waals surface area contributed by atoms with Crippen molar-refractivity contribution >= 4 is 15.9 Å². The molecule has 0 unspecified atom stereocenters. The zero-order valence-corrected chi connectivity index (χ0v) is 13.1. The summed E-state index contributed by atoms with van der Waals surface area (Å²) in [7, 11) is 3.37. The van der Waals surface area contributed by atoms with E-state index in [9.17, 15) is 0 Å². The second-order valence-corrected chi connectivity index (χ2v) is 5.35. The van der Waals surface area contributed by atoms with E-state index in [4.69, 9.17) is 15.2 Å². The maximum Gasteiger partial charge on any atom is 0.140 e. The van der Waals surface area contributed by atoms with Gasteiger partial charge in [0.25, 0.3) is 0 Å². The van der Waals surface area contributed by atoms with Crippen molar-refractivity contribution in [3.05, 3.63) is 21.7 Å². The summed E-state index contributed by atoms with van der Waals surface area (Å²) < 4.78 is 11.9. The zero-order chi connectivity index (χ0) is 13.7. The van der Waals surface area contributed by atoms with Gasteiger partial charge in [0.1, 0.15) is 16.0 Å². The lowest BCUT2D eigenvalue weighted by Crippen LogP contribution is -2.05. The van der Waals surface area contributed by atoms with E-state index in [1.165, 1.54) is 11.1 Å². The van der Waals surface area contributed by atoms with E-state index in [-0.39, 0.29) is 0 Å². The Labute approximate surface area is 118 Å². The predicted octanol–water partition coefficient (Wildman–Crippen LogP) is 3.48. The molecule has 0 amide bonds. The number of hydrogen-bond donors (Lipinski definition) is 1. The van der Waals surface area contributed by atoms with Crippen LogP contribution in [0.3, 0.4) is 0 Å². The summed E-state index contributed by atoms with van der Waals surface area (Å²) in [4.78, 5) is 0. The highest BCUT2D eigenvalue weighted by atomic mass is 79.9. The molecule has 0 aliphatic heterocycles. The molecule has 0 atom stereocenters. The molecule has 1 aromatic rings. The second-order valence-electron chi connectivity index (χ2n) is 4.55. The van der Waals surface area contributed by atoms with E-state index in [2.05, 4.69) is 35.8 Å². The molecule has 102 valence electrons. The molecule has 1 aromatic carbocycles. The number of rotatable bonds is 6. The van der Waals surface area contributed by atoms with Gasteiger partial charge < -0.3 is 15.2 Å². The quantitative estimate of drug-likeness (QED) is 0.874. The SMILES string of the molecule is COc1c(CCCN)cc(C(C)C)c(OC)c1Br. The summed E-state index contributed by atoms with van der Waals surface area (Å²) in [6, 6.07) is 2.17. The average molecular weight is 316 g/mol. The van der Waals surface area contributed by atoms with Gasteiger partial charge in [-0.2, -0.15) is 0 Å². The fourth-order valence-electron chi connectivity index (χ4n) is 2.02. The first-order chi connectivity index (χ1) is 8.56. The lowest BCUT2D eigenvalue weighted by Gasteiger charge is -2.19. The predicted molar refractivity (Wildman–Crippen MR) is 78.7 cm³/mol. The third-order valence-electron chi connectivity index (χ3n) is 2.96. The average Bonchev–Trinajstić information content (AvgIpc) is 2.35. The number of benzene rings is 1. The Hall–Kier alpha value is -0.740. The fraction of sp³-hybridized carbons (Fsp3) is 0.571. The van der Waals surface area contributed by atoms with Crippen molar-refractivity contribution in [1.82, 2.24) is 0 Å². The summed E-state index contributed by atoms with van der Waals surface area (Å²) in [5.41, 5.74) is 7.95. The summed E-state index contributed by atoms with van der Waals surface area (Å²) in [6.07, 6.45) is 1.87. The van der Waals surface area contributed by atoms with E-state index in [1.807, 2.05) is 0 Å². The third-order valence-corrected chi connectivity index (χ3v) is 3.68. The van der Waals surface area contributed by atoms with Gasteiger partial charge in [0.2, 0.25) is 0 Å². The molecule has 0 aliphatic rings. The highest BCUT2D eigenvalue weighted by Crippen LogP contribution is 2.43. The van der Waals surface area contributed by atoms with Crippen molar-refractivity contribution in [2.75, 3.05) is 20.8 Å². The smallest absolute Gasteiger partial charge is 0.140 e. The van der Waals surface area contributed by atoms with Crippen molar-refractivity contribution in [3.8, 4) is 11.5 Å². The zero-order valence-electron chi connectivity index (χ0n) is 11.5. The normalized spacial score (nSPS) is 10.8. The lowest BCUT2D eigenvalue weighted by molar-refractivity contribution is 0.381. The molecular weight excluding hydrogens is 294 g/mol. The van der Waals surface area contributed by atoms with E-state index >= 15 is 0 Å². The minimum Gasteiger partial charge on any atom is -0.495 e. The third kappa shape index (κ3) is 3.18. The molecule has 0 aliphatic carbocycles. The minimum atomic E-state index is 0.402. The van der Waals surface area contributed by atoms with Crippen LogP contribution in [-0.2, 0) is 6.42 Å². The van der Waals surface area contributed by atoms with Crippen LogP contribution in [0.25, 0.3) is 0 Å². The van der Waals surface area contributed by atoms with E-state index < -0.39 is 0 Å². The molecule has 2 N–H and O–H groups in total. The number of ether oxygens (including phenoxy) is 2. The van der Waals surface area contributed by atoms with Gasteiger partial charge in [0.15, 0.2) is 0 Å². The Kier molecular flexibility index (Phi) is 5.96. The largest absolute Gasteiger partial charge is 0.495 e. The van der Waals surface area contributed by atoms with Crippen molar-refractivity contribution in [1.29, 1.82) is 0 Å². The van der Waals surface area contributed by atoms with Gasteiger partial charge in [0, 0.05) is 0 Å². The van der Waals surface area contributed by atoms with Crippen LogP contribution >= 0.6 is 15.9 Å². The number of halogens is 1. The Balaban J connectivity index is 3.33. The minimum absolute atomic E-state index is 0.402. The van der Waals surface area contributed by atoms with Crippen molar-refractivity contribution in [2.45, 2.75) is 32.6 Å². The molecule has 0 saturated carbocycles. The van der Waals surface area contributed by atoms with Crippen LogP contribution in [0.1, 0.15) is 37.3 Å². The topological polar surface area (TPSA) is 44.5 Å². The monoisotopic (exact) mass is 315 g/mol. The van der Waals surface area contributed by atoms with Gasteiger partial charge >= 0.3 is 0 Å². The molecule has 4 heteroatoms. The Bertz CT molecular complexity index is 405. The summed E-state index contributed by atoms with van der Waals surface area (Å²) in [5, 5.41) is 0. The fourth-order valence-corrected chi connectivity index (χ4v) is 2.83. The second kappa shape index (κ2) is 7.00. The molecule has 0 radical (unpaired) electrons. The molecule has 0 spiro atoms. The van der Waals surface area contributed by atoms with E-state index in [0.717, 1.165) is 28.8 Å². The highest BCUT2D eigenvalue weighted by molar-refractivity contribution is 9.10. The van der Waals surface area contributed by atoms with Gasteiger partial charge in [-0.1, -0.05) is 13.8 Å². The molecule has 0 bridgehead atoms. The molecule has 0 saturated heterocycles. The molecule has 0 aromatic heterocycles. The Morgan fingerprint density at radius 1 is 1.22 bits per heavy atom. The van der Waals surface area contributed by atoms with Gasteiger partial charge in [-0.05, 0) is 58.4 Å². The van der Waals surface area contributed by atoms with Gasteiger partial charge in [0.05, 0.1) is 14.2 Å². The van der Waals surface area contributed by atoms with Crippen LogP contribution in [0, 0.1) is 0 Å². The number of nitrogens with two attached hydrogens (primary N) is 1. The molecule has 0 heterocycles.